The molecule has 0 unspecified atom stereocenters. The van der Waals surface area contributed by atoms with E-state index < -0.39 is 0 Å². The summed E-state index contributed by atoms with van der Waals surface area (Å²) in [4.78, 5) is 14.9. The molecule has 6 heteroatoms. The topological polar surface area (TPSA) is 57.2 Å². The summed E-state index contributed by atoms with van der Waals surface area (Å²) < 4.78 is 22.0. The maximum Gasteiger partial charge on any atom is 0.262 e. The van der Waals surface area contributed by atoms with E-state index in [4.69, 9.17) is 18.9 Å². The summed E-state index contributed by atoms with van der Waals surface area (Å²) in [6, 6.07) is 7.71. The molecule has 0 bridgehead atoms. The van der Waals surface area contributed by atoms with E-state index in [0.717, 1.165) is 40.3 Å². The first-order valence-electron chi connectivity index (χ1n) is 8.43. The van der Waals surface area contributed by atoms with Crippen LogP contribution in [0.2, 0.25) is 0 Å². The molecule has 0 atom stereocenters. The first-order valence-corrected chi connectivity index (χ1v) is 8.43. The van der Waals surface area contributed by atoms with E-state index in [0.29, 0.717) is 23.6 Å². The molecule has 0 spiro atoms. The number of rotatable bonds is 2. The maximum absolute atomic E-state index is 13.1. The second-order valence-corrected chi connectivity index (χ2v) is 6.33. The van der Waals surface area contributed by atoms with Gasteiger partial charge in [0.15, 0.2) is 23.0 Å². The summed E-state index contributed by atoms with van der Waals surface area (Å²) in [5.74, 6) is 2.45. The smallest absolute Gasteiger partial charge is 0.262 e. The average molecular weight is 351 g/mol. The van der Waals surface area contributed by atoms with Gasteiger partial charge < -0.3 is 23.8 Å². The van der Waals surface area contributed by atoms with Crippen molar-refractivity contribution in [3.63, 3.8) is 0 Å². The molecule has 6 nitrogen and oxygen atoms in total. The number of methoxy groups -OCH3 is 2. The van der Waals surface area contributed by atoms with Crippen molar-refractivity contribution >= 4 is 17.7 Å². The van der Waals surface area contributed by atoms with Crippen LogP contribution < -0.4 is 18.9 Å². The Hall–Kier alpha value is -3.15. The Kier molecular flexibility index (Phi) is 3.16. The number of nitrogens with zero attached hydrogens (tertiary/aromatic N) is 1. The van der Waals surface area contributed by atoms with Gasteiger partial charge in [-0.2, -0.15) is 0 Å². The first kappa shape index (κ1) is 15.1. The third-order valence-electron chi connectivity index (χ3n) is 5.13. The van der Waals surface area contributed by atoms with E-state index in [1.54, 1.807) is 19.1 Å². The van der Waals surface area contributed by atoms with Crippen LogP contribution in [0.4, 0.5) is 0 Å². The lowest BCUT2D eigenvalue weighted by Gasteiger charge is -2.15. The van der Waals surface area contributed by atoms with E-state index in [1.165, 1.54) is 0 Å². The molecule has 3 aliphatic rings. The van der Waals surface area contributed by atoms with Crippen molar-refractivity contribution in [2.24, 2.45) is 0 Å². The van der Waals surface area contributed by atoms with Crippen LogP contribution in [0.3, 0.4) is 0 Å². The number of amides is 1. The molecule has 0 saturated carbocycles. The minimum atomic E-state index is -0.0661. The molecule has 2 aromatic rings. The summed E-state index contributed by atoms with van der Waals surface area (Å²) >= 11 is 0. The van der Waals surface area contributed by atoms with Crippen LogP contribution in [0.5, 0.6) is 23.0 Å². The van der Waals surface area contributed by atoms with Gasteiger partial charge in [-0.25, -0.2) is 0 Å². The molecule has 3 heterocycles. The molecule has 1 amide bonds. The summed E-state index contributed by atoms with van der Waals surface area (Å²) in [6.07, 6.45) is 2.76. The van der Waals surface area contributed by atoms with Crippen molar-refractivity contribution in [3.8, 4) is 23.0 Å². The third kappa shape index (κ3) is 1.89. The predicted octanol–water partition coefficient (Wildman–Crippen LogP) is 2.94. The van der Waals surface area contributed by atoms with Crippen LogP contribution in [0, 0.1) is 0 Å². The maximum atomic E-state index is 13.1. The zero-order valence-electron chi connectivity index (χ0n) is 14.5. The number of hydrogen-bond acceptors (Lipinski definition) is 5. The highest BCUT2D eigenvalue weighted by molar-refractivity contribution is 6.14. The van der Waals surface area contributed by atoms with Gasteiger partial charge in [0, 0.05) is 17.7 Å². The molecular formula is C20H17NO5. The molecule has 0 saturated heterocycles. The van der Waals surface area contributed by atoms with Gasteiger partial charge >= 0.3 is 0 Å². The summed E-state index contributed by atoms with van der Waals surface area (Å²) in [5, 5.41) is 0. The summed E-state index contributed by atoms with van der Waals surface area (Å²) in [6.45, 7) is 0.816. The van der Waals surface area contributed by atoms with Gasteiger partial charge in [-0.3, -0.25) is 4.79 Å². The predicted molar refractivity (Wildman–Crippen MR) is 94.7 cm³/mol. The molecule has 0 aliphatic carbocycles. The molecule has 5 rings (SSSR count). The molecule has 0 aromatic heterocycles. The van der Waals surface area contributed by atoms with Crippen LogP contribution in [-0.4, -0.2) is 38.4 Å². The minimum absolute atomic E-state index is 0.0661. The van der Waals surface area contributed by atoms with Gasteiger partial charge in [0.1, 0.15) is 0 Å². The van der Waals surface area contributed by atoms with Crippen molar-refractivity contribution in [2.75, 3.05) is 27.6 Å². The number of carbonyl (C=O) groups is 1. The lowest BCUT2D eigenvalue weighted by Crippen LogP contribution is -2.24. The Labute approximate surface area is 150 Å². The van der Waals surface area contributed by atoms with E-state index in [2.05, 4.69) is 0 Å². The highest BCUT2D eigenvalue weighted by Crippen LogP contribution is 2.47. The summed E-state index contributed by atoms with van der Waals surface area (Å²) in [7, 11) is 3.12. The quantitative estimate of drug-likeness (QED) is 0.833. The van der Waals surface area contributed by atoms with Crippen molar-refractivity contribution in [1.29, 1.82) is 0 Å². The zero-order valence-corrected chi connectivity index (χ0v) is 14.5. The van der Waals surface area contributed by atoms with Crippen molar-refractivity contribution in [1.82, 2.24) is 4.90 Å². The van der Waals surface area contributed by atoms with E-state index in [-0.39, 0.29) is 12.7 Å². The molecule has 26 heavy (non-hydrogen) atoms. The second-order valence-electron chi connectivity index (χ2n) is 6.33. The van der Waals surface area contributed by atoms with Crippen LogP contribution in [0.25, 0.3) is 11.8 Å². The fraction of sp³-hybridized carbons (Fsp3) is 0.250. The van der Waals surface area contributed by atoms with Crippen LogP contribution in [0.15, 0.2) is 24.3 Å². The molecule has 0 N–H and O–H groups in total. The average Bonchev–Trinajstić information content (AvgIpc) is 3.18. The second kappa shape index (κ2) is 5.42. The highest BCUT2D eigenvalue weighted by atomic mass is 16.7. The molecular weight excluding hydrogens is 334 g/mol. The summed E-state index contributed by atoms with van der Waals surface area (Å²) in [5.41, 5.74) is 4.37. The Morgan fingerprint density at radius 2 is 1.96 bits per heavy atom. The Bertz CT molecular complexity index is 979. The van der Waals surface area contributed by atoms with Gasteiger partial charge in [-0.05, 0) is 36.3 Å². The van der Waals surface area contributed by atoms with Crippen molar-refractivity contribution in [2.45, 2.75) is 6.42 Å². The van der Waals surface area contributed by atoms with E-state index in [9.17, 15) is 4.79 Å². The van der Waals surface area contributed by atoms with Crippen molar-refractivity contribution in [3.05, 3.63) is 46.5 Å². The van der Waals surface area contributed by atoms with Gasteiger partial charge in [0.2, 0.25) is 6.79 Å². The molecule has 3 aliphatic heterocycles. The fourth-order valence-electron chi connectivity index (χ4n) is 3.90. The minimum Gasteiger partial charge on any atom is -0.493 e. The molecule has 0 radical (unpaired) electrons. The SMILES string of the molecule is COc1ccc2c(c1OC)C(=O)N1CCc3ccc4c(c3C=C21)OCO4. The van der Waals surface area contributed by atoms with Gasteiger partial charge in [0.05, 0.1) is 25.5 Å². The van der Waals surface area contributed by atoms with Crippen molar-refractivity contribution < 1.29 is 23.7 Å². The van der Waals surface area contributed by atoms with Gasteiger partial charge in [0.25, 0.3) is 5.91 Å². The number of benzene rings is 2. The number of ether oxygens (including phenoxy) is 4. The Morgan fingerprint density at radius 1 is 1.08 bits per heavy atom. The molecule has 2 aromatic carbocycles. The Morgan fingerprint density at radius 3 is 2.77 bits per heavy atom. The number of carbonyl (C=O) groups excluding carboxylic acids is 1. The first-order chi connectivity index (χ1) is 12.7. The lowest BCUT2D eigenvalue weighted by molar-refractivity contribution is 0.0849. The standard InChI is InChI=1S/C20H17NO5/c1-23-15-6-4-12-14-9-13-11(3-5-16-18(13)26-10-25-16)7-8-21(14)20(22)17(12)19(15)24-2/h3-6,9H,7-8,10H2,1-2H3. The Balaban J connectivity index is 1.75. The van der Waals surface area contributed by atoms with E-state index in [1.807, 2.05) is 30.3 Å². The van der Waals surface area contributed by atoms with Crippen LogP contribution in [-0.2, 0) is 6.42 Å². The highest BCUT2D eigenvalue weighted by Gasteiger charge is 2.38. The monoisotopic (exact) mass is 351 g/mol. The molecule has 132 valence electrons. The van der Waals surface area contributed by atoms with Gasteiger partial charge in [-0.1, -0.05) is 6.07 Å². The fourth-order valence-corrected chi connectivity index (χ4v) is 3.90. The van der Waals surface area contributed by atoms with Crippen LogP contribution >= 0.6 is 0 Å². The lowest BCUT2D eigenvalue weighted by atomic mass is 10.0. The number of fused-ring (bicyclic) bond motifs is 6. The van der Waals surface area contributed by atoms with E-state index >= 15 is 0 Å². The molecule has 0 fully saturated rings. The largest absolute Gasteiger partial charge is 0.493 e. The third-order valence-corrected chi connectivity index (χ3v) is 5.13. The normalized spacial score (nSPS) is 16.5. The number of hydrogen-bond donors (Lipinski definition) is 0. The zero-order chi connectivity index (χ0) is 17.8. The van der Waals surface area contributed by atoms with Gasteiger partial charge in [-0.15, -0.1) is 0 Å². The van der Waals surface area contributed by atoms with Crippen LogP contribution in [0.1, 0.15) is 27.0 Å².